The van der Waals surface area contributed by atoms with Gasteiger partial charge in [-0.2, -0.15) is 4.37 Å². The molecule has 3 nitrogen and oxygen atoms in total. The van der Waals surface area contributed by atoms with E-state index < -0.39 is 0 Å². The van der Waals surface area contributed by atoms with Crippen molar-refractivity contribution in [3.8, 4) is 0 Å². The number of nitrogens with zero attached hydrogens (tertiary/aromatic N) is 3. The van der Waals surface area contributed by atoms with E-state index in [9.17, 15) is 0 Å². The second kappa shape index (κ2) is 2.94. The van der Waals surface area contributed by atoms with Crippen molar-refractivity contribution < 1.29 is 0 Å². The van der Waals surface area contributed by atoms with E-state index >= 15 is 0 Å². The largest absolute Gasteiger partial charge is 0.347 e. The molecule has 0 spiro atoms. The molecular weight excluding hydrogens is 182 g/mol. The summed E-state index contributed by atoms with van der Waals surface area (Å²) < 4.78 is 4.41. The van der Waals surface area contributed by atoms with E-state index in [-0.39, 0.29) is 0 Å². The molecule has 0 atom stereocenters. The molecule has 1 aliphatic carbocycles. The third-order valence-electron chi connectivity index (χ3n) is 2.75. The summed E-state index contributed by atoms with van der Waals surface area (Å²) in [6.07, 6.45) is 5.24. The standard InChI is InChI=1S/C9H13N3S/c1-2-6-12(5-1)9-10-8(11-13-9)7-3-4-7/h7H,1-6H2. The monoisotopic (exact) mass is 195 g/mol. The van der Waals surface area contributed by atoms with Crippen LogP contribution in [0.5, 0.6) is 0 Å². The summed E-state index contributed by atoms with van der Waals surface area (Å²) in [6, 6.07) is 0. The Morgan fingerprint density at radius 1 is 1.23 bits per heavy atom. The molecule has 1 aromatic rings. The van der Waals surface area contributed by atoms with Crippen molar-refractivity contribution in [2.24, 2.45) is 0 Å². The topological polar surface area (TPSA) is 29.0 Å². The molecule has 1 saturated heterocycles. The molecule has 1 aromatic heterocycles. The Balaban J connectivity index is 1.79. The molecule has 0 bridgehead atoms. The van der Waals surface area contributed by atoms with Gasteiger partial charge in [-0.25, -0.2) is 4.98 Å². The Hall–Kier alpha value is -0.640. The third-order valence-corrected chi connectivity index (χ3v) is 3.54. The highest BCUT2D eigenvalue weighted by atomic mass is 32.1. The molecule has 2 aliphatic rings. The van der Waals surface area contributed by atoms with E-state index in [0.29, 0.717) is 5.92 Å². The van der Waals surface area contributed by atoms with Crippen LogP contribution in [0.15, 0.2) is 0 Å². The predicted molar refractivity (Wildman–Crippen MR) is 53.3 cm³/mol. The van der Waals surface area contributed by atoms with E-state index in [1.165, 1.54) is 38.8 Å². The number of anilines is 1. The number of rotatable bonds is 2. The molecule has 1 saturated carbocycles. The fraction of sp³-hybridized carbons (Fsp3) is 0.778. The predicted octanol–water partition coefficient (Wildman–Crippen LogP) is 2.02. The summed E-state index contributed by atoms with van der Waals surface area (Å²) in [7, 11) is 0. The van der Waals surface area contributed by atoms with Crippen LogP contribution in [-0.4, -0.2) is 22.4 Å². The minimum absolute atomic E-state index is 0.701. The van der Waals surface area contributed by atoms with Crippen molar-refractivity contribution >= 4 is 16.7 Å². The van der Waals surface area contributed by atoms with Crippen LogP contribution in [-0.2, 0) is 0 Å². The summed E-state index contributed by atoms with van der Waals surface area (Å²) in [5, 5.41) is 1.15. The van der Waals surface area contributed by atoms with Gasteiger partial charge in [-0.05, 0) is 25.7 Å². The average molecular weight is 195 g/mol. The Morgan fingerprint density at radius 3 is 2.69 bits per heavy atom. The van der Waals surface area contributed by atoms with Gasteiger partial charge < -0.3 is 4.90 Å². The SMILES string of the molecule is C1CCN(c2nc(C3CC3)ns2)C1. The van der Waals surface area contributed by atoms with Gasteiger partial charge in [-0.15, -0.1) is 0 Å². The molecule has 0 unspecified atom stereocenters. The van der Waals surface area contributed by atoms with E-state index in [1.807, 2.05) is 0 Å². The van der Waals surface area contributed by atoms with Gasteiger partial charge in [0, 0.05) is 30.5 Å². The van der Waals surface area contributed by atoms with Crippen LogP contribution in [0, 0.1) is 0 Å². The highest BCUT2D eigenvalue weighted by molar-refractivity contribution is 7.09. The maximum Gasteiger partial charge on any atom is 0.205 e. The Bertz CT molecular complexity index is 300. The molecular formula is C9H13N3S. The fourth-order valence-corrected chi connectivity index (χ4v) is 2.57. The lowest BCUT2D eigenvalue weighted by atomic mass is 10.4. The normalized spacial score (nSPS) is 22.6. The summed E-state index contributed by atoms with van der Waals surface area (Å²) in [5.74, 6) is 1.81. The van der Waals surface area contributed by atoms with Crippen LogP contribution in [0.2, 0.25) is 0 Å². The molecule has 2 heterocycles. The molecule has 13 heavy (non-hydrogen) atoms. The Kier molecular flexibility index (Phi) is 1.75. The first kappa shape index (κ1) is 7.74. The lowest BCUT2D eigenvalue weighted by molar-refractivity contribution is 0.924. The molecule has 70 valence electrons. The molecule has 0 radical (unpaired) electrons. The quantitative estimate of drug-likeness (QED) is 0.723. The number of aromatic nitrogens is 2. The highest BCUT2D eigenvalue weighted by Crippen LogP contribution is 2.39. The molecule has 1 aliphatic heterocycles. The van der Waals surface area contributed by atoms with Gasteiger partial charge in [0.05, 0.1) is 0 Å². The van der Waals surface area contributed by atoms with Gasteiger partial charge in [0.15, 0.2) is 0 Å². The van der Waals surface area contributed by atoms with Gasteiger partial charge in [-0.1, -0.05) is 0 Å². The zero-order valence-corrected chi connectivity index (χ0v) is 8.39. The first-order valence-corrected chi connectivity index (χ1v) is 5.79. The van der Waals surface area contributed by atoms with E-state index in [1.54, 1.807) is 11.5 Å². The molecule has 2 fully saturated rings. The van der Waals surface area contributed by atoms with Crippen molar-refractivity contribution in [1.29, 1.82) is 0 Å². The van der Waals surface area contributed by atoms with E-state index in [0.717, 1.165) is 11.0 Å². The zero-order valence-electron chi connectivity index (χ0n) is 7.57. The first-order valence-electron chi connectivity index (χ1n) is 5.02. The van der Waals surface area contributed by atoms with Crippen LogP contribution in [0.3, 0.4) is 0 Å². The van der Waals surface area contributed by atoms with Crippen LogP contribution in [0.1, 0.15) is 37.4 Å². The van der Waals surface area contributed by atoms with Crippen LogP contribution in [0.4, 0.5) is 5.13 Å². The smallest absolute Gasteiger partial charge is 0.205 e. The molecule has 0 aromatic carbocycles. The average Bonchev–Trinajstić information content (AvgIpc) is 2.72. The summed E-state index contributed by atoms with van der Waals surface area (Å²) in [6.45, 7) is 2.36. The summed E-state index contributed by atoms with van der Waals surface area (Å²) >= 11 is 1.58. The minimum atomic E-state index is 0.701. The van der Waals surface area contributed by atoms with Crippen LogP contribution < -0.4 is 4.90 Å². The fourth-order valence-electron chi connectivity index (χ4n) is 1.77. The Morgan fingerprint density at radius 2 is 2.00 bits per heavy atom. The maximum absolute atomic E-state index is 4.59. The maximum atomic E-state index is 4.59. The van der Waals surface area contributed by atoms with E-state index in [2.05, 4.69) is 14.3 Å². The number of hydrogen-bond acceptors (Lipinski definition) is 4. The molecule has 3 rings (SSSR count). The summed E-state index contributed by atoms with van der Waals surface area (Å²) in [5.41, 5.74) is 0. The van der Waals surface area contributed by atoms with E-state index in [4.69, 9.17) is 0 Å². The Labute approximate surface area is 82.0 Å². The third kappa shape index (κ3) is 1.43. The van der Waals surface area contributed by atoms with Crippen molar-refractivity contribution in [3.63, 3.8) is 0 Å². The van der Waals surface area contributed by atoms with Crippen molar-refractivity contribution in [2.45, 2.75) is 31.6 Å². The van der Waals surface area contributed by atoms with Crippen molar-refractivity contribution in [2.75, 3.05) is 18.0 Å². The first-order chi connectivity index (χ1) is 6.43. The van der Waals surface area contributed by atoms with Gasteiger partial charge in [0.25, 0.3) is 0 Å². The van der Waals surface area contributed by atoms with Gasteiger partial charge >= 0.3 is 0 Å². The lowest BCUT2D eigenvalue weighted by Crippen LogP contribution is -2.17. The zero-order chi connectivity index (χ0) is 8.67. The van der Waals surface area contributed by atoms with Gasteiger partial charge in [0.1, 0.15) is 5.82 Å². The van der Waals surface area contributed by atoms with Gasteiger partial charge in [0.2, 0.25) is 5.13 Å². The summed E-state index contributed by atoms with van der Waals surface area (Å²) in [4.78, 5) is 6.95. The highest BCUT2D eigenvalue weighted by Gasteiger charge is 2.28. The molecule has 0 amide bonds. The van der Waals surface area contributed by atoms with Crippen LogP contribution in [0.25, 0.3) is 0 Å². The van der Waals surface area contributed by atoms with Gasteiger partial charge in [-0.3, -0.25) is 0 Å². The lowest BCUT2D eigenvalue weighted by Gasteiger charge is -2.11. The molecule has 0 N–H and O–H groups in total. The van der Waals surface area contributed by atoms with Crippen LogP contribution >= 0.6 is 11.5 Å². The number of hydrogen-bond donors (Lipinski definition) is 0. The second-order valence-corrected chi connectivity index (χ2v) is 4.63. The second-order valence-electron chi connectivity index (χ2n) is 3.90. The van der Waals surface area contributed by atoms with Crippen molar-refractivity contribution in [1.82, 2.24) is 9.36 Å². The molecule has 4 heteroatoms. The van der Waals surface area contributed by atoms with Crippen molar-refractivity contribution in [3.05, 3.63) is 5.82 Å². The minimum Gasteiger partial charge on any atom is -0.347 e.